The van der Waals surface area contributed by atoms with Gasteiger partial charge in [-0.1, -0.05) is 6.07 Å². The number of halogens is 1. The highest BCUT2D eigenvalue weighted by atomic mass is 32.2. The minimum Gasteiger partial charge on any atom is -0.497 e. The van der Waals surface area contributed by atoms with E-state index in [9.17, 15) is 17.6 Å². The van der Waals surface area contributed by atoms with Crippen LogP contribution < -0.4 is 14.4 Å². The quantitative estimate of drug-likeness (QED) is 0.623. The SMILES string of the molecule is COc1ccc2nc(CNC(=O)CN(c3cccc(F)c3)S(C)(=O)=O)[nH]c2c1. The highest BCUT2D eigenvalue weighted by Gasteiger charge is 2.21. The number of sulfonamides is 1. The highest BCUT2D eigenvalue weighted by Crippen LogP contribution is 2.19. The maximum atomic E-state index is 13.4. The van der Waals surface area contributed by atoms with Crippen LogP contribution in [0, 0.1) is 5.82 Å². The lowest BCUT2D eigenvalue weighted by Gasteiger charge is -2.21. The molecule has 1 heterocycles. The molecule has 0 spiro atoms. The zero-order valence-corrected chi connectivity index (χ0v) is 16.1. The van der Waals surface area contributed by atoms with E-state index >= 15 is 0 Å². The fourth-order valence-corrected chi connectivity index (χ4v) is 3.50. The van der Waals surface area contributed by atoms with E-state index in [0.717, 1.165) is 22.1 Å². The van der Waals surface area contributed by atoms with Crippen LogP contribution in [0.5, 0.6) is 5.75 Å². The second-order valence-corrected chi connectivity index (χ2v) is 8.00. The third kappa shape index (κ3) is 4.58. The number of carbonyl (C=O) groups excluding carboxylic acids is 1. The number of imidazole rings is 1. The molecule has 1 aromatic heterocycles. The van der Waals surface area contributed by atoms with Crippen LogP contribution in [0.15, 0.2) is 42.5 Å². The van der Waals surface area contributed by atoms with E-state index in [2.05, 4.69) is 15.3 Å². The van der Waals surface area contributed by atoms with Gasteiger partial charge in [0.15, 0.2) is 0 Å². The fourth-order valence-electron chi connectivity index (χ4n) is 2.65. The number of aromatic nitrogens is 2. The molecule has 0 aliphatic heterocycles. The number of nitrogens with zero attached hydrogens (tertiary/aromatic N) is 2. The standard InChI is InChI=1S/C18H19FN4O4S/c1-27-14-6-7-15-16(9-14)22-17(21-15)10-20-18(24)11-23(28(2,25)26)13-5-3-4-12(19)8-13/h3-9H,10-11H2,1-2H3,(H,20,24)(H,21,22). The van der Waals surface area contributed by atoms with E-state index < -0.39 is 28.3 Å². The molecule has 0 atom stereocenters. The summed E-state index contributed by atoms with van der Waals surface area (Å²) in [6.45, 7) is -0.396. The van der Waals surface area contributed by atoms with Crippen molar-refractivity contribution >= 4 is 32.7 Å². The first-order chi connectivity index (χ1) is 13.3. The first kappa shape index (κ1) is 19.6. The van der Waals surface area contributed by atoms with Crippen LogP contribution in [0.4, 0.5) is 10.1 Å². The Bertz CT molecular complexity index is 1110. The summed E-state index contributed by atoms with van der Waals surface area (Å²) in [4.78, 5) is 19.7. The lowest BCUT2D eigenvalue weighted by atomic mass is 10.3. The van der Waals surface area contributed by atoms with E-state index in [1.165, 1.54) is 18.2 Å². The third-order valence-electron chi connectivity index (χ3n) is 3.97. The van der Waals surface area contributed by atoms with Gasteiger partial charge in [-0.05, 0) is 30.3 Å². The second-order valence-electron chi connectivity index (χ2n) is 6.09. The Hall–Kier alpha value is -3.14. The van der Waals surface area contributed by atoms with Crippen molar-refractivity contribution < 1.29 is 22.3 Å². The molecule has 0 radical (unpaired) electrons. The van der Waals surface area contributed by atoms with Gasteiger partial charge >= 0.3 is 0 Å². The number of hydrogen-bond acceptors (Lipinski definition) is 5. The molecule has 2 aromatic carbocycles. The molecule has 0 unspecified atom stereocenters. The second kappa shape index (κ2) is 7.85. The maximum absolute atomic E-state index is 13.4. The Balaban J connectivity index is 1.70. The maximum Gasteiger partial charge on any atom is 0.241 e. The lowest BCUT2D eigenvalue weighted by molar-refractivity contribution is -0.119. The monoisotopic (exact) mass is 406 g/mol. The summed E-state index contributed by atoms with van der Waals surface area (Å²) in [6.07, 6.45) is 0.956. The average molecular weight is 406 g/mol. The molecule has 0 bridgehead atoms. The predicted octanol–water partition coefficient (Wildman–Crippen LogP) is 1.79. The third-order valence-corrected chi connectivity index (χ3v) is 5.12. The molecule has 0 aliphatic rings. The number of H-pyrrole nitrogens is 1. The molecule has 8 nitrogen and oxygen atoms in total. The molecule has 3 rings (SSSR count). The van der Waals surface area contributed by atoms with Crippen molar-refractivity contribution in [1.29, 1.82) is 0 Å². The Morgan fingerprint density at radius 3 is 2.75 bits per heavy atom. The van der Waals surface area contributed by atoms with Gasteiger partial charge in [0.2, 0.25) is 15.9 Å². The molecule has 1 amide bonds. The van der Waals surface area contributed by atoms with Gasteiger partial charge < -0.3 is 15.0 Å². The number of carbonyl (C=O) groups is 1. The molecule has 2 N–H and O–H groups in total. The summed E-state index contributed by atoms with van der Waals surface area (Å²) in [5.74, 6) is 0.0378. The molecule has 0 aliphatic carbocycles. The zero-order chi connectivity index (χ0) is 20.3. The normalized spacial score (nSPS) is 11.4. The van der Waals surface area contributed by atoms with E-state index in [0.29, 0.717) is 17.1 Å². The fraction of sp³-hybridized carbons (Fsp3) is 0.222. The first-order valence-electron chi connectivity index (χ1n) is 8.29. The van der Waals surface area contributed by atoms with Crippen molar-refractivity contribution in [2.45, 2.75) is 6.54 Å². The van der Waals surface area contributed by atoms with E-state index in [-0.39, 0.29) is 12.2 Å². The van der Waals surface area contributed by atoms with Gasteiger partial charge in [-0.2, -0.15) is 0 Å². The van der Waals surface area contributed by atoms with Crippen molar-refractivity contribution in [3.05, 3.63) is 54.1 Å². The van der Waals surface area contributed by atoms with Crippen molar-refractivity contribution in [2.75, 3.05) is 24.2 Å². The number of anilines is 1. The van der Waals surface area contributed by atoms with Crippen LogP contribution in [0.1, 0.15) is 5.82 Å². The van der Waals surface area contributed by atoms with Crippen LogP contribution >= 0.6 is 0 Å². The van der Waals surface area contributed by atoms with Crippen LogP contribution in [0.25, 0.3) is 11.0 Å². The first-order valence-corrected chi connectivity index (χ1v) is 10.1. The van der Waals surface area contributed by atoms with Gasteiger partial charge in [-0.15, -0.1) is 0 Å². The molecule has 28 heavy (non-hydrogen) atoms. The molecular formula is C18H19FN4O4S. The zero-order valence-electron chi connectivity index (χ0n) is 15.3. The van der Waals surface area contributed by atoms with Crippen LogP contribution in [0.3, 0.4) is 0 Å². The summed E-state index contributed by atoms with van der Waals surface area (Å²) in [5, 5.41) is 2.61. The van der Waals surface area contributed by atoms with E-state index in [1.807, 2.05) is 0 Å². The molecule has 0 fully saturated rings. The number of amides is 1. The minimum atomic E-state index is -3.77. The molecule has 3 aromatic rings. The van der Waals surface area contributed by atoms with Crippen molar-refractivity contribution in [3.8, 4) is 5.75 Å². The lowest BCUT2D eigenvalue weighted by Crippen LogP contribution is -2.40. The number of fused-ring (bicyclic) bond motifs is 1. The largest absolute Gasteiger partial charge is 0.497 e. The summed E-state index contributed by atoms with van der Waals surface area (Å²) in [5.41, 5.74) is 1.54. The predicted molar refractivity (Wildman–Crippen MR) is 103 cm³/mol. The van der Waals surface area contributed by atoms with Gasteiger partial charge in [-0.25, -0.2) is 17.8 Å². The Morgan fingerprint density at radius 2 is 2.07 bits per heavy atom. The minimum absolute atomic E-state index is 0.0773. The highest BCUT2D eigenvalue weighted by molar-refractivity contribution is 7.92. The van der Waals surface area contributed by atoms with Crippen molar-refractivity contribution in [3.63, 3.8) is 0 Å². The Morgan fingerprint density at radius 1 is 1.29 bits per heavy atom. The number of ether oxygens (including phenoxy) is 1. The van der Waals surface area contributed by atoms with E-state index in [1.54, 1.807) is 25.3 Å². The van der Waals surface area contributed by atoms with Crippen molar-refractivity contribution in [2.24, 2.45) is 0 Å². The smallest absolute Gasteiger partial charge is 0.241 e. The summed E-state index contributed by atoms with van der Waals surface area (Å²) in [7, 11) is -2.21. The summed E-state index contributed by atoms with van der Waals surface area (Å²) in [6, 6.07) is 10.4. The molecule has 0 saturated heterocycles. The number of rotatable bonds is 7. The Labute approximate surface area is 161 Å². The van der Waals surface area contributed by atoms with Gasteiger partial charge in [-0.3, -0.25) is 9.10 Å². The van der Waals surface area contributed by atoms with Gasteiger partial charge in [0.1, 0.15) is 23.9 Å². The van der Waals surface area contributed by atoms with E-state index in [4.69, 9.17) is 4.74 Å². The number of hydrogen-bond donors (Lipinski definition) is 2. The number of benzene rings is 2. The van der Waals surface area contributed by atoms with Gasteiger partial charge in [0.25, 0.3) is 0 Å². The molecule has 148 valence electrons. The molecule has 10 heteroatoms. The van der Waals surface area contributed by atoms with Gasteiger partial charge in [0, 0.05) is 6.07 Å². The van der Waals surface area contributed by atoms with Crippen LogP contribution in [-0.2, 0) is 21.4 Å². The number of aromatic amines is 1. The number of nitrogens with one attached hydrogen (secondary N) is 2. The average Bonchev–Trinajstić information content (AvgIpc) is 3.05. The topological polar surface area (TPSA) is 104 Å². The number of methoxy groups -OCH3 is 1. The van der Waals surface area contributed by atoms with Crippen LogP contribution in [0.2, 0.25) is 0 Å². The van der Waals surface area contributed by atoms with Crippen molar-refractivity contribution in [1.82, 2.24) is 15.3 Å². The van der Waals surface area contributed by atoms with Gasteiger partial charge in [0.05, 0.1) is 36.6 Å². The Kier molecular flexibility index (Phi) is 5.50. The van der Waals surface area contributed by atoms with Crippen LogP contribution in [-0.4, -0.2) is 44.2 Å². The summed E-state index contributed by atoms with van der Waals surface area (Å²) >= 11 is 0. The summed E-state index contributed by atoms with van der Waals surface area (Å²) < 4.78 is 43.5. The molecule has 0 saturated carbocycles. The molecular weight excluding hydrogens is 387 g/mol.